The maximum atomic E-state index is 13.1. The highest BCUT2D eigenvalue weighted by atomic mass is 19.1. The molecule has 0 spiro atoms. The number of hydrogen-bond donors (Lipinski definition) is 0. The van der Waals surface area contributed by atoms with Crippen LogP contribution >= 0.6 is 0 Å². The first-order valence-corrected chi connectivity index (χ1v) is 11.8. The average Bonchev–Trinajstić information content (AvgIpc) is 3.64. The fourth-order valence-electron chi connectivity index (χ4n) is 5.65. The highest BCUT2D eigenvalue weighted by Crippen LogP contribution is 2.43. The lowest BCUT2D eigenvalue weighted by Gasteiger charge is -2.38. The highest BCUT2D eigenvalue weighted by Gasteiger charge is 2.32. The van der Waals surface area contributed by atoms with Crippen molar-refractivity contribution in [2.75, 3.05) is 13.2 Å². The van der Waals surface area contributed by atoms with Crippen LogP contribution in [0.3, 0.4) is 0 Å². The molecule has 3 fully saturated rings. The summed E-state index contributed by atoms with van der Waals surface area (Å²) >= 11 is 0. The summed E-state index contributed by atoms with van der Waals surface area (Å²) in [5.74, 6) is 2.33. The fourth-order valence-corrected chi connectivity index (χ4v) is 5.65. The molecule has 1 saturated heterocycles. The minimum Gasteiger partial charge on any atom is -0.375 e. The van der Waals surface area contributed by atoms with Gasteiger partial charge in [0.25, 0.3) is 0 Å². The minimum absolute atomic E-state index is 0.180. The number of benzene rings is 2. The summed E-state index contributed by atoms with van der Waals surface area (Å²) in [6.07, 6.45) is 11.4. The molecule has 1 heterocycles. The Labute approximate surface area is 179 Å². The van der Waals surface area contributed by atoms with Gasteiger partial charge >= 0.3 is 0 Å². The molecule has 0 aromatic heterocycles. The summed E-state index contributed by atoms with van der Waals surface area (Å²) in [6, 6.07) is 15.7. The zero-order valence-corrected chi connectivity index (χ0v) is 17.8. The first-order chi connectivity index (χ1) is 14.7. The monoisotopic (exact) mass is 408 g/mol. The predicted molar refractivity (Wildman–Crippen MR) is 118 cm³/mol. The molecule has 0 bridgehead atoms. The molecule has 2 nitrogen and oxygen atoms in total. The molecule has 30 heavy (non-hydrogen) atoms. The van der Waals surface area contributed by atoms with E-state index in [4.69, 9.17) is 9.47 Å². The summed E-state index contributed by atoms with van der Waals surface area (Å²) in [5, 5.41) is 0. The summed E-state index contributed by atoms with van der Waals surface area (Å²) in [7, 11) is 0. The quantitative estimate of drug-likeness (QED) is 0.494. The molecule has 1 unspecified atom stereocenters. The highest BCUT2D eigenvalue weighted by molar-refractivity contribution is 5.63. The van der Waals surface area contributed by atoms with E-state index in [1.54, 1.807) is 0 Å². The van der Waals surface area contributed by atoms with E-state index in [1.807, 2.05) is 12.1 Å². The van der Waals surface area contributed by atoms with Crippen molar-refractivity contribution in [2.24, 2.45) is 11.8 Å². The SMILES string of the molecule is Fc1ccc(-c2ccc(C3CCC(C4CCC(OCC5CO5)CC4)CC3)cc2)cc1. The molecule has 1 atom stereocenters. The van der Waals surface area contributed by atoms with Crippen LogP contribution in [0.25, 0.3) is 11.1 Å². The number of epoxide rings is 1. The van der Waals surface area contributed by atoms with E-state index in [1.165, 1.54) is 74.6 Å². The largest absolute Gasteiger partial charge is 0.375 e. The zero-order valence-electron chi connectivity index (χ0n) is 17.8. The Morgan fingerprint density at radius 2 is 1.27 bits per heavy atom. The van der Waals surface area contributed by atoms with Gasteiger partial charge in [0.05, 0.1) is 19.3 Å². The Kier molecular flexibility index (Phi) is 6.19. The molecule has 0 radical (unpaired) electrons. The van der Waals surface area contributed by atoms with Gasteiger partial charge in [-0.05, 0) is 97.9 Å². The van der Waals surface area contributed by atoms with Crippen LogP contribution in [0.5, 0.6) is 0 Å². The summed E-state index contributed by atoms with van der Waals surface area (Å²) in [5.41, 5.74) is 3.72. The number of hydrogen-bond acceptors (Lipinski definition) is 2. The second-order valence-corrected chi connectivity index (χ2v) is 9.57. The maximum absolute atomic E-state index is 13.1. The molecule has 2 aromatic carbocycles. The third-order valence-electron chi connectivity index (χ3n) is 7.64. The lowest BCUT2D eigenvalue weighted by molar-refractivity contribution is 0.00133. The Bertz CT molecular complexity index is 796. The van der Waals surface area contributed by atoms with Gasteiger partial charge in [0, 0.05) is 0 Å². The molecule has 0 N–H and O–H groups in total. The lowest BCUT2D eigenvalue weighted by Crippen LogP contribution is -2.29. The fraction of sp³-hybridized carbons (Fsp3) is 0.556. The van der Waals surface area contributed by atoms with Crippen molar-refractivity contribution in [1.29, 1.82) is 0 Å². The van der Waals surface area contributed by atoms with Crippen molar-refractivity contribution in [3.05, 3.63) is 59.9 Å². The molecular formula is C27H33FO2. The van der Waals surface area contributed by atoms with Crippen LogP contribution in [-0.4, -0.2) is 25.4 Å². The van der Waals surface area contributed by atoms with Gasteiger partial charge in [-0.25, -0.2) is 4.39 Å². The van der Waals surface area contributed by atoms with E-state index in [0.717, 1.165) is 30.6 Å². The Hall–Kier alpha value is -1.71. The van der Waals surface area contributed by atoms with Crippen LogP contribution in [0.4, 0.5) is 4.39 Å². The molecule has 1 aliphatic heterocycles. The van der Waals surface area contributed by atoms with E-state index >= 15 is 0 Å². The van der Waals surface area contributed by atoms with Crippen molar-refractivity contribution in [1.82, 2.24) is 0 Å². The molecular weight excluding hydrogens is 375 g/mol. The van der Waals surface area contributed by atoms with Crippen LogP contribution in [0.15, 0.2) is 48.5 Å². The third-order valence-corrected chi connectivity index (χ3v) is 7.64. The smallest absolute Gasteiger partial charge is 0.123 e. The predicted octanol–water partition coefficient (Wildman–Crippen LogP) is 6.74. The van der Waals surface area contributed by atoms with Gasteiger partial charge in [0.15, 0.2) is 0 Å². The van der Waals surface area contributed by atoms with Gasteiger partial charge in [-0.1, -0.05) is 36.4 Å². The van der Waals surface area contributed by atoms with E-state index in [2.05, 4.69) is 24.3 Å². The number of rotatable bonds is 6. The van der Waals surface area contributed by atoms with Crippen LogP contribution in [0.2, 0.25) is 0 Å². The lowest BCUT2D eigenvalue weighted by atomic mass is 9.69. The van der Waals surface area contributed by atoms with Crippen molar-refractivity contribution in [3.8, 4) is 11.1 Å². The topological polar surface area (TPSA) is 21.8 Å². The van der Waals surface area contributed by atoms with Crippen molar-refractivity contribution < 1.29 is 13.9 Å². The third kappa shape index (κ3) is 4.95. The number of ether oxygens (including phenoxy) is 2. The summed E-state index contributed by atoms with van der Waals surface area (Å²) in [4.78, 5) is 0. The normalized spacial score (nSPS) is 31.4. The summed E-state index contributed by atoms with van der Waals surface area (Å²) < 4.78 is 24.4. The molecule has 2 aromatic rings. The van der Waals surface area contributed by atoms with Crippen LogP contribution in [0, 0.1) is 17.7 Å². The van der Waals surface area contributed by atoms with Crippen molar-refractivity contribution >= 4 is 0 Å². The van der Waals surface area contributed by atoms with Crippen LogP contribution in [0.1, 0.15) is 62.8 Å². The first-order valence-electron chi connectivity index (χ1n) is 11.8. The Morgan fingerprint density at radius 1 is 0.733 bits per heavy atom. The van der Waals surface area contributed by atoms with Gasteiger partial charge in [-0.2, -0.15) is 0 Å². The summed E-state index contributed by atoms with van der Waals surface area (Å²) in [6.45, 7) is 1.70. The van der Waals surface area contributed by atoms with Crippen molar-refractivity contribution in [3.63, 3.8) is 0 Å². The molecule has 3 aliphatic rings. The van der Waals surface area contributed by atoms with Gasteiger partial charge in [-0.15, -0.1) is 0 Å². The molecule has 2 aliphatic carbocycles. The van der Waals surface area contributed by atoms with Crippen molar-refractivity contribution in [2.45, 2.75) is 69.5 Å². The first kappa shape index (κ1) is 20.2. The molecule has 160 valence electrons. The van der Waals surface area contributed by atoms with Gasteiger partial charge in [0.2, 0.25) is 0 Å². The minimum atomic E-state index is -0.180. The molecule has 3 heteroatoms. The van der Waals surface area contributed by atoms with E-state index in [9.17, 15) is 4.39 Å². The van der Waals surface area contributed by atoms with Gasteiger partial charge in [-0.3, -0.25) is 0 Å². The van der Waals surface area contributed by atoms with Crippen LogP contribution < -0.4 is 0 Å². The van der Waals surface area contributed by atoms with E-state index < -0.39 is 0 Å². The molecule has 2 saturated carbocycles. The van der Waals surface area contributed by atoms with Gasteiger partial charge < -0.3 is 9.47 Å². The second kappa shape index (κ2) is 9.20. The van der Waals surface area contributed by atoms with Crippen LogP contribution in [-0.2, 0) is 9.47 Å². The average molecular weight is 409 g/mol. The molecule has 5 rings (SSSR count). The maximum Gasteiger partial charge on any atom is 0.123 e. The Morgan fingerprint density at radius 3 is 1.83 bits per heavy atom. The second-order valence-electron chi connectivity index (χ2n) is 9.57. The van der Waals surface area contributed by atoms with E-state index in [0.29, 0.717) is 18.1 Å². The standard InChI is InChI=1S/C27H33FO2/c28-25-13-9-23(10-14-25)21-5-1-19(2-6-21)20-3-7-22(8-4-20)24-11-15-26(16-12-24)29-17-27-18-30-27/h1-2,5-6,9-10,13-14,20,22,24,26-27H,3-4,7-8,11-12,15-18H2. The van der Waals surface area contributed by atoms with Gasteiger partial charge in [0.1, 0.15) is 11.9 Å². The Balaban J connectivity index is 1.09. The van der Waals surface area contributed by atoms with E-state index in [-0.39, 0.29) is 5.82 Å². The number of halogens is 1. The molecule has 0 amide bonds. The zero-order chi connectivity index (χ0) is 20.3.